The van der Waals surface area contributed by atoms with E-state index in [0.29, 0.717) is 16.6 Å². The molecule has 0 heterocycles. The number of nitrogens with zero attached hydrogens (tertiary/aromatic N) is 2. The largest absolute Gasteiger partial charge is 0.354 e. The fourth-order valence-electron chi connectivity index (χ4n) is 3.74. The van der Waals surface area contributed by atoms with E-state index in [2.05, 4.69) is 5.32 Å². The highest BCUT2D eigenvalue weighted by molar-refractivity contribution is 7.92. The number of carbonyl (C=O) groups excluding carboxylic acids is 2. The Morgan fingerprint density at radius 2 is 1.49 bits per heavy atom. The molecule has 0 spiro atoms. The van der Waals surface area contributed by atoms with Crippen LogP contribution in [0.15, 0.2) is 77.7 Å². The van der Waals surface area contributed by atoms with Gasteiger partial charge in [0, 0.05) is 23.1 Å². The van der Waals surface area contributed by atoms with Crippen LogP contribution >= 0.6 is 34.8 Å². The van der Waals surface area contributed by atoms with Crippen LogP contribution in [0.4, 0.5) is 5.69 Å². The first-order valence-corrected chi connectivity index (χ1v) is 14.8. The maximum atomic E-state index is 13.9. The van der Waals surface area contributed by atoms with Crippen LogP contribution < -0.4 is 9.62 Å². The van der Waals surface area contributed by atoms with Gasteiger partial charge < -0.3 is 10.2 Å². The molecule has 1 N–H and O–H groups in total. The maximum Gasteiger partial charge on any atom is 0.264 e. The van der Waals surface area contributed by atoms with Gasteiger partial charge in [0.1, 0.15) is 12.6 Å². The normalized spacial score (nSPS) is 12.2. The van der Waals surface area contributed by atoms with Crippen molar-refractivity contribution in [2.75, 3.05) is 17.4 Å². The fraction of sp³-hybridized carbons (Fsp3) is 0.286. The molecular formula is C28H30Cl3N3O4S. The summed E-state index contributed by atoms with van der Waals surface area (Å²) in [5.74, 6) is -0.740. The second kappa shape index (κ2) is 13.5. The number of amides is 2. The van der Waals surface area contributed by atoms with Crippen LogP contribution in [0.3, 0.4) is 0 Å². The first-order valence-electron chi connectivity index (χ1n) is 12.2. The third kappa shape index (κ3) is 8.11. The van der Waals surface area contributed by atoms with Crippen molar-refractivity contribution >= 4 is 62.3 Å². The first kappa shape index (κ1) is 30.8. The molecule has 0 fully saturated rings. The number of nitrogens with one attached hydrogen (secondary N) is 1. The van der Waals surface area contributed by atoms with Crippen LogP contribution in [0.5, 0.6) is 0 Å². The Balaban J connectivity index is 2.03. The number of halogens is 3. The van der Waals surface area contributed by atoms with Crippen molar-refractivity contribution in [3.8, 4) is 0 Å². The van der Waals surface area contributed by atoms with Crippen molar-refractivity contribution < 1.29 is 18.0 Å². The summed E-state index contributed by atoms with van der Waals surface area (Å²) in [5, 5.41) is 3.74. The zero-order valence-electron chi connectivity index (χ0n) is 21.8. The second-order valence-corrected chi connectivity index (χ2v) is 12.5. The summed E-state index contributed by atoms with van der Waals surface area (Å²) < 4.78 is 28.5. The summed E-state index contributed by atoms with van der Waals surface area (Å²) in [6, 6.07) is 18.0. The smallest absolute Gasteiger partial charge is 0.264 e. The minimum Gasteiger partial charge on any atom is -0.354 e. The van der Waals surface area contributed by atoms with Crippen molar-refractivity contribution in [3.05, 3.63) is 93.4 Å². The zero-order valence-corrected chi connectivity index (χ0v) is 24.9. The first-order chi connectivity index (χ1) is 18.4. The van der Waals surface area contributed by atoms with Gasteiger partial charge in [-0.05, 0) is 60.9 Å². The molecule has 1 atom stereocenters. The predicted octanol–water partition coefficient (Wildman–Crippen LogP) is 6.03. The van der Waals surface area contributed by atoms with Crippen LogP contribution in [0.1, 0.15) is 26.3 Å². The number of carbonyl (C=O) groups is 2. The monoisotopic (exact) mass is 609 g/mol. The van der Waals surface area contributed by atoms with Crippen molar-refractivity contribution in [1.82, 2.24) is 10.2 Å². The average molecular weight is 611 g/mol. The molecule has 0 bridgehead atoms. The van der Waals surface area contributed by atoms with E-state index in [-0.39, 0.29) is 34.0 Å². The van der Waals surface area contributed by atoms with Gasteiger partial charge in [-0.2, -0.15) is 0 Å². The lowest BCUT2D eigenvalue weighted by atomic mass is 10.1. The number of rotatable bonds is 11. The molecule has 0 aliphatic rings. The van der Waals surface area contributed by atoms with E-state index in [0.717, 1.165) is 9.87 Å². The van der Waals surface area contributed by atoms with E-state index >= 15 is 0 Å². The lowest BCUT2D eigenvalue weighted by Gasteiger charge is -2.32. The van der Waals surface area contributed by atoms with Gasteiger partial charge in [-0.3, -0.25) is 13.9 Å². The molecule has 0 saturated heterocycles. The van der Waals surface area contributed by atoms with E-state index in [1.807, 2.05) is 13.8 Å². The molecule has 39 heavy (non-hydrogen) atoms. The van der Waals surface area contributed by atoms with Crippen molar-refractivity contribution in [2.45, 2.75) is 38.3 Å². The van der Waals surface area contributed by atoms with E-state index in [4.69, 9.17) is 34.8 Å². The fourth-order valence-corrected chi connectivity index (χ4v) is 5.88. The molecule has 3 aromatic rings. The Morgan fingerprint density at radius 1 is 0.872 bits per heavy atom. The highest BCUT2D eigenvalue weighted by Gasteiger charge is 2.33. The van der Waals surface area contributed by atoms with Crippen molar-refractivity contribution in [3.63, 3.8) is 0 Å². The van der Waals surface area contributed by atoms with Gasteiger partial charge in [0.05, 0.1) is 15.6 Å². The van der Waals surface area contributed by atoms with Gasteiger partial charge in [-0.25, -0.2) is 8.42 Å². The van der Waals surface area contributed by atoms with E-state index in [1.165, 1.54) is 35.2 Å². The van der Waals surface area contributed by atoms with Gasteiger partial charge in [-0.1, -0.05) is 79.0 Å². The van der Waals surface area contributed by atoms with Gasteiger partial charge in [0.25, 0.3) is 10.0 Å². The molecule has 0 radical (unpaired) electrons. The standard InChI is InChI=1S/C28H30Cl3N3O4S/c1-19(2)16-32-28(36)20(3)33(17-21-9-11-22(29)12-10-21)27(35)18-34(26-14-13-23(30)15-25(26)31)39(37,38)24-7-5-4-6-8-24/h4-15,19-20H,16-18H2,1-3H3,(H,32,36)/t20-/m1/s1. The Bertz CT molecular complexity index is 1400. The van der Waals surface area contributed by atoms with Crippen LogP contribution in [-0.2, 0) is 26.2 Å². The summed E-state index contributed by atoms with van der Waals surface area (Å²) in [5.41, 5.74) is 0.805. The summed E-state index contributed by atoms with van der Waals surface area (Å²) in [4.78, 5) is 28.2. The Kier molecular flexibility index (Phi) is 10.7. The number of anilines is 1. The molecule has 11 heteroatoms. The lowest BCUT2D eigenvalue weighted by molar-refractivity contribution is -0.139. The third-order valence-electron chi connectivity index (χ3n) is 5.91. The molecule has 2 amide bonds. The van der Waals surface area contributed by atoms with Crippen LogP contribution in [0.25, 0.3) is 0 Å². The quantitative estimate of drug-likeness (QED) is 0.287. The van der Waals surface area contributed by atoms with Gasteiger partial charge >= 0.3 is 0 Å². The number of hydrogen-bond acceptors (Lipinski definition) is 4. The Morgan fingerprint density at radius 3 is 2.08 bits per heavy atom. The molecular weight excluding hydrogens is 581 g/mol. The number of benzene rings is 3. The number of hydrogen-bond donors (Lipinski definition) is 1. The highest BCUT2D eigenvalue weighted by atomic mass is 35.5. The highest BCUT2D eigenvalue weighted by Crippen LogP contribution is 2.33. The van der Waals surface area contributed by atoms with E-state index in [9.17, 15) is 18.0 Å². The summed E-state index contributed by atoms with van der Waals surface area (Å²) in [7, 11) is -4.22. The Hall–Kier alpha value is -2.78. The molecule has 3 rings (SSSR count). The van der Waals surface area contributed by atoms with E-state index in [1.54, 1.807) is 49.4 Å². The molecule has 3 aromatic carbocycles. The minimum atomic E-state index is -4.22. The van der Waals surface area contributed by atoms with Crippen LogP contribution in [0, 0.1) is 5.92 Å². The lowest BCUT2D eigenvalue weighted by Crippen LogP contribution is -2.51. The molecule has 208 valence electrons. The molecule has 0 aliphatic heterocycles. The zero-order chi connectivity index (χ0) is 28.7. The van der Waals surface area contributed by atoms with Gasteiger partial charge in [0.15, 0.2) is 0 Å². The van der Waals surface area contributed by atoms with Crippen LogP contribution in [0.2, 0.25) is 15.1 Å². The predicted molar refractivity (Wildman–Crippen MR) is 157 cm³/mol. The minimum absolute atomic E-state index is 0.0178. The van der Waals surface area contributed by atoms with Crippen molar-refractivity contribution in [1.29, 1.82) is 0 Å². The van der Waals surface area contributed by atoms with Crippen LogP contribution in [-0.4, -0.2) is 44.3 Å². The Labute approximate surface area is 244 Å². The maximum absolute atomic E-state index is 13.9. The number of sulfonamides is 1. The average Bonchev–Trinajstić information content (AvgIpc) is 2.90. The molecule has 0 unspecified atom stereocenters. The summed E-state index contributed by atoms with van der Waals surface area (Å²) in [6.45, 7) is 5.41. The van der Waals surface area contributed by atoms with Gasteiger partial charge in [0.2, 0.25) is 11.8 Å². The summed E-state index contributed by atoms with van der Waals surface area (Å²) in [6.07, 6.45) is 0. The molecule has 0 aromatic heterocycles. The second-order valence-electron chi connectivity index (χ2n) is 9.38. The molecule has 0 aliphatic carbocycles. The topological polar surface area (TPSA) is 86.8 Å². The molecule has 0 saturated carbocycles. The SMILES string of the molecule is CC(C)CNC(=O)[C@@H](C)N(Cc1ccc(Cl)cc1)C(=O)CN(c1ccc(Cl)cc1Cl)S(=O)(=O)c1ccccc1. The van der Waals surface area contributed by atoms with Gasteiger partial charge in [-0.15, -0.1) is 0 Å². The van der Waals surface area contributed by atoms with E-state index < -0.39 is 28.5 Å². The molecule has 7 nitrogen and oxygen atoms in total. The third-order valence-corrected chi connectivity index (χ3v) is 8.47. The summed E-state index contributed by atoms with van der Waals surface area (Å²) >= 11 is 18.5. The van der Waals surface area contributed by atoms with Crippen molar-refractivity contribution in [2.24, 2.45) is 5.92 Å².